The normalized spacial score (nSPS) is 8.78. The van der Waals surface area contributed by atoms with Gasteiger partial charge in [0.2, 0.25) is 0 Å². The van der Waals surface area contributed by atoms with Gasteiger partial charge in [0, 0.05) is 54.3 Å². The van der Waals surface area contributed by atoms with E-state index >= 15 is 0 Å². The van der Waals surface area contributed by atoms with Crippen LogP contribution < -0.4 is 39.4 Å². The van der Waals surface area contributed by atoms with Gasteiger partial charge in [0.1, 0.15) is 11.5 Å². The van der Waals surface area contributed by atoms with Crippen LogP contribution in [-0.2, 0) is 0 Å². The molecule has 0 aliphatic rings. The molecule has 8 nitrogen and oxygen atoms in total. The summed E-state index contributed by atoms with van der Waals surface area (Å²) in [6.45, 7) is 0.887. The van der Waals surface area contributed by atoms with Gasteiger partial charge in [-0.2, -0.15) is 7.11 Å². The second kappa shape index (κ2) is 31.1. The molecule has 0 spiro atoms. The van der Waals surface area contributed by atoms with E-state index in [9.17, 15) is 9.59 Å². The minimum Gasteiger partial charge on any atom is -0.857 e. The van der Waals surface area contributed by atoms with Crippen LogP contribution in [0.3, 0.4) is 0 Å². The Labute approximate surface area is 297 Å². The molecule has 0 aromatic heterocycles. The molecule has 0 aliphatic carbocycles. The quantitative estimate of drug-likeness (QED) is 0.0856. The van der Waals surface area contributed by atoms with Crippen LogP contribution in [0.1, 0.15) is 52.1 Å². The molecule has 4 N–H and O–H groups in total. The van der Waals surface area contributed by atoms with Crippen molar-refractivity contribution >= 4 is 27.5 Å². The topological polar surface area (TPSA) is 147 Å². The fourth-order valence-electron chi connectivity index (χ4n) is 3.14. The summed E-state index contributed by atoms with van der Waals surface area (Å²) in [5.74, 6) is 0.843. The smallest absolute Gasteiger partial charge is 0.857 e. The van der Waals surface area contributed by atoms with Crippen molar-refractivity contribution in [1.29, 1.82) is 0 Å². The number of rotatable bonds is 10. The van der Waals surface area contributed by atoms with Crippen molar-refractivity contribution in [3.63, 3.8) is 0 Å². The molecule has 0 aliphatic heterocycles. The fraction of sp³-hybridized carbons (Fsp3) is 0.257. The number of aromatic hydroxyl groups is 1. The van der Waals surface area contributed by atoms with Gasteiger partial charge in [-0.15, -0.1) is 0 Å². The molecule has 10 heteroatoms. The van der Waals surface area contributed by atoms with Crippen molar-refractivity contribution in [2.75, 3.05) is 39.4 Å². The summed E-state index contributed by atoms with van der Waals surface area (Å²) < 4.78 is 5.42. The average molecular weight is 696 g/mol. The number of benzene rings is 4. The van der Waals surface area contributed by atoms with Gasteiger partial charge in [0.25, 0.3) is 0 Å². The van der Waals surface area contributed by atoms with Gasteiger partial charge in [-0.05, 0) is 55.0 Å². The van der Waals surface area contributed by atoms with Crippen LogP contribution in [0.5, 0.6) is 11.5 Å². The van der Waals surface area contributed by atoms with E-state index in [0.717, 1.165) is 26.0 Å². The molecule has 0 unspecified atom stereocenters. The van der Waals surface area contributed by atoms with Crippen molar-refractivity contribution in [3.8, 4) is 11.5 Å². The first-order valence-corrected chi connectivity index (χ1v) is 14.5. The minimum absolute atomic E-state index is 0. The van der Waals surface area contributed by atoms with E-state index < -0.39 is 0 Å². The molecule has 4 aromatic carbocycles. The number of alkyl halides is 1. The van der Waals surface area contributed by atoms with E-state index in [1.807, 2.05) is 36.4 Å². The van der Waals surface area contributed by atoms with Crippen LogP contribution in [0, 0.1) is 0 Å². The number of carbonyl (C=O) groups excluding carboxylic acids is 2. The number of ether oxygens (including phenoxy) is 1. The van der Waals surface area contributed by atoms with Gasteiger partial charge in [-0.3, -0.25) is 9.59 Å². The summed E-state index contributed by atoms with van der Waals surface area (Å²) in [5, 5.41) is 42.0. The van der Waals surface area contributed by atoms with E-state index in [1.165, 1.54) is 12.1 Å². The number of hydrogen-bond donors (Lipinski definition) is 4. The first kappa shape index (κ1) is 46.6. The number of phenolic OH excluding ortho intramolecular Hbond substituents is 1. The second-order valence-corrected chi connectivity index (χ2v) is 8.95. The van der Waals surface area contributed by atoms with Crippen LogP contribution in [0.2, 0.25) is 0 Å². The summed E-state index contributed by atoms with van der Waals surface area (Å²) in [7, 11) is 1.75. The number of carbonyl (C=O) groups is 2. The van der Waals surface area contributed by atoms with Crippen molar-refractivity contribution in [3.05, 3.63) is 131 Å². The Kier molecular flexibility index (Phi) is 32.2. The maximum Gasteiger partial charge on any atom is 1.00 e. The summed E-state index contributed by atoms with van der Waals surface area (Å²) >= 11 is 3.15. The van der Waals surface area contributed by atoms with Crippen molar-refractivity contribution in [2.24, 2.45) is 0 Å². The summed E-state index contributed by atoms with van der Waals surface area (Å²) in [6.07, 6.45) is 1.46. The Bertz CT molecular complexity index is 1240. The van der Waals surface area contributed by atoms with E-state index in [4.69, 9.17) is 30.3 Å². The van der Waals surface area contributed by atoms with Crippen molar-refractivity contribution < 1.29 is 69.4 Å². The molecule has 0 atom stereocenters. The monoisotopic (exact) mass is 694 g/mol. The zero-order chi connectivity index (χ0) is 32.3. The molecule has 45 heavy (non-hydrogen) atoms. The predicted octanol–water partition coefficient (Wildman–Crippen LogP) is 2.29. The molecule has 4 aromatic rings. The van der Waals surface area contributed by atoms with E-state index in [-0.39, 0.29) is 60.9 Å². The SMILES string of the molecule is C.CO.C[O-].O=C(c1ccccc1)c1ccc(O)cc1.O=C(c1ccccc1)c1ccc(OCCCO)cc1.OCCCBr.[Na+]. The number of aliphatic hydroxyl groups excluding tert-OH is 3. The third kappa shape index (κ3) is 20.0. The Balaban J connectivity index is -0.000000609. The standard InChI is InChI=1S/C16H16O3.C13H10O2.C3H7BrO.CH4O.CH3O.CH4.Na/c17-11-4-12-19-15-9-7-14(8-10-15)16(18)13-5-2-1-3-6-13;14-12-8-6-11(7-9-12)13(15)10-4-2-1-3-5-10;4-2-1-3-5;2*1-2;;/h1-3,5-10,17H,4,11-12H2;1-9,14H;5H,1-3H2;2H,1H3;1H3;1H4;/q;;;;-1;;+1. The molecule has 4 rings (SSSR count). The third-order valence-electron chi connectivity index (χ3n) is 5.18. The molecule has 0 radical (unpaired) electrons. The van der Waals surface area contributed by atoms with Gasteiger partial charge >= 0.3 is 29.6 Å². The zero-order valence-electron chi connectivity index (χ0n) is 25.4. The van der Waals surface area contributed by atoms with Gasteiger partial charge in [-0.25, -0.2) is 0 Å². The number of phenols is 1. The van der Waals surface area contributed by atoms with Crippen LogP contribution in [0.15, 0.2) is 109 Å². The molecule has 0 saturated carbocycles. The van der Waals surface area contributed by atoms with Crippen LogP contribution in [-0.4, -0.2) is 71.4 Å². The summed E-state index contributed by atoms with van der Waals surface area (Å²) in [6, 6.07) is 31.5. The van der Waals surface area contributed by atoms with Gasteiger partial charge < -0.3 is 30.3 Å². The van der Waals surface area contributed by atoms with E-state index in [1.54, 1.807) is 60.7 Å². The largest absolute Gasteiger partial charge is 1.00 e. The first-order valence-electron chi connectivity index (χ1n) is 13.3. The molecular weight excluding hydrogens is 651 g/mol. The predicted molar refractivity (Wildman–Crippen MR) is 178 cm³/mol. The van der Waals surface area contributed by atoms with E-state index in [0.29, 0.717) is 47.6 Å². The second-order valence-electron chi connectivity index (χ2n) is 8.15. The molecule has 240 valence electrons. The Morgan fingerprint density at radius 1 is 0.644 bits per heavy atom. The maximum absolute atomic E-state index is 12.1. The first-order chi connectivity index (χ1) is 21.0. The molecular formula is C35H44BrNaO8. The maximum atomic E-state index is 12.1. The Hall–Kier alpha value is -2.86. The molecule has 0 bridgehead atoms. The van der Waals surface area contributed by atoms with Gasteiger partial charge in [-0.1, -0.05) is 84.0 Å². The third-order valence-corrected chi connectivity index (χ3v) is 5.74. The summed E-state index contributed by atoms with van der Waals surface area (Å²) in [4.78, 5) is 24.0. The Morgan fingerprint density at radius 2 is 1.00 bits per heavy atom. The van der Waals surface area contributed by atoms with Gasteiger partial charge in [0.15, 0.2) is 11.6 Å². The number of halogens is 1. The summed E-state index contributed by atoms with van der Waals surface area (Å²) in [5.41, 5.74) is 2.55. The number of ketones is 2. The minimum atomic E-state index is -0.0319. The number of aliphatic hydroxyl groups is 3. The molecule has 0 amide bonds. The van der Waals surface area contributed by atoms with Crippen molar-refractivity contribution in [2.45, 2.75) is 20.3 Å². The number of hydrogen-bond acceptors (Lipinski definition) is 8. The Morgan fingerprint density at radius 3 is 1.33 bits per heavy atom. The van der Waals surface area contributed by atoms with Crippen LogP contribution in [0.4, 0.5) is 0 Å². The van der Waals surface area contributed by atoms with Crippen LogP contribution >= 0.6 is 15.9 Å². The zero-order valence-corrected chi connectivity index (χ0v) is 29.0. The van der Waals surface area contributed by atoms with E-state index in [2.05, 4.69) is 15.9 Å². The van der Waals surface area contributed by atoms with Crippen LogP contribution in [0.25, 0.3) is 0 Å². The average Bonchev–Trinajstić information content (AvgIpc) is 3.08. The van der Waals surface area contributed by atoms with Gasteiger partial charge in [0.05, 0.1) is 6.61 Å². The molecule has 0 saturated heterocycles. The van der Waals surface area contributed by atoms with Crippen molar-refractivity contribution in [1.82, 2.24) is 0 Å². The molecule has 0 fully saturated rings. The molecule has 0 heterocycles. The fourth-order valence-corrected chi connectivity index (χ4v) is 3.39.